The third kappa shape index (κ3) is 4.73. The van der Waals surface area contributed by atoms with E-state index in [2.05, 4.69) is 16.6 Å². The van der Waals surface area contributed by atoms with Crippen molar-refractivity contribution in [3.05, 3.63) is 94.0 Å². The zero-order valence-electron chi connectivity index (χ0n) is 15.7. The summed E-state index contributed by atoms with van der Waals surface area (Å²) >= 11 is 12.0. The lowest BCUT2D eigenvalue weighted by Gasteiger charge is -2.25. The Labute approximate surface area is 185 Å². The molecule has 0 heterocycles. The van der Waals surface area contributed by atoms with Crippen LogP contribution in [0.5, 0.6) is 5.75 Å². The molecule has 0 amide bonds. The fourth-order valence-electron chi connectivity index (χ4n) is 3.09. The van der Waals surface area contributed by atoms with Crippen molar-refractivity contribution in [2.24, 2.45) is 0 Å². The van der Waals surface area contributed by atoms with E-state index in [1.54, 1.807) is 48.5 Å². The summed E-state index contributed by atoms with van der Waals surface area (Å²) in [7, 11) is -3.68. The summed E-state index contributed by atoms with van der Waals surface area (Å²) in [6.45, 7) is 0.366. The van der Waals surface area contributed by atoms with Crippen LogP contribution in [-0.4, -0.2) is 13.7 Å². The van der Waals surface area contributed by atoms with E-state index in [4.69, 9.17) is 27.9 Å². The fourth-order valence-corrected chi connectivity index (χ4v) is 4.90. The molecule has 0 aliphatic heterocycles. The van der Waals surface area contributed by atoms with Crippen molar-refractivity contribution in [1.29, 1.82) is 0 Å². The first-order valence-corrected chi connectivity index (χ1v) is 11.5. The van der Waals surface area contributed by atoms with Gasteiger partial charge in [-0.15, -0.1) is 0 Å². The van der Waals surface area contributed by atoms with Crippen LogP contribution in [0.2, 0.25) is 10.0 Å². The van der Waals surface area contributed by atoms with E-state index >= 15 is 0 Å². The summed E-state index contributed by atoms with van der Waals surface area (Å²) in [4.78, 5) is 0. The topological polar surface area (TPSA) is 55.4 Å². The third-order valence-electron chi connectivity index (χ3n) is 4.63. The largest absolute Gasteiger partial charge is 0.489 e. The van der Waals surface area contributed by atoms with Gasteiger partial charge in [0.05, 0.1) is 5.92 Å². The van der Waals surface area contributed by atoms with Crippen LogP contribution in [0, 0.1) is 11.8 Å². The van der Waals surface area contributed by atoms with Gasteiger partial charge in [0, 0.05) is 15.7 Å². The van der Waals surface area contributed by atoms with Gasteiger partial charge in [0.15, 0.2) is 5.25 Å². The summed E-state index contributed by atoms with van der Waals surface area (Å²) in [5.74, 6) is 5.89. The van der Waals surface area contributed by atoms with E-state index in [1.807, 2.05) is 24.3 Å². The lowest BCUT2D eigenvalue weighted by atomic mass is 9.90. The van der Waals surface area contributed by atoms with E-state index in [1.165, 1.54) is 0 Å². The second kappa shape index (κ2) is 8.61. The molecule has 2 unspecified atom stereocenters. The molecule has 0 saturated heterocycles. The van der Waals surface area contributed by atoms with Crippen molar-refractivity contribution in [1.82, 2.24) is 0 Å². The van der Waals surface area contributed by atoms with Crippen LogP contribution < -0.4 is 9.46 Å². The van der Waals surface area contributed by atoms with E-state index in [-0.39, 0.29) is 0 Å². The van der Waals surface area contributed by atoms with Crippen molar-refractivity contribution in [3.8, 4) is 17.6 Å². The first kappa shape index (κ1) is 20.6. The van der Waals surface area contributed by atoms with Gasteiger partial charge in [-0.25, -0.2) is 8.42 Å². The summed E-state index contributed by atoms with van der Waals surface area (Å²) < 4.78 is 33.9. The highest BCUT2D eigenvalue weighted by Gasteiger charge is 2.37. The second-order valence-corrected chi connectivity index (χ2v) is 9.51. The number of hydrogen-bond acceptors (Lipinski definition) is 3. The van der Waals surface area contributed by atoms with Gasteiger partial charge < -0.3 is 4.74 Å². The maximum atomic E-state index is 12.8. The first-order valence-electron chi connectivity index (χ1n) is 9.16. The molecule has 3 aromatic rings. The van der Waals surface area contributed by atoms with Gasteiger partial charge in [0.25, 0.3) is 0 Å². The zero-order chi connectivity index (χ0) is 21.1. The Bertz CT molecular complexity index is 1230. The van der Waals surface area contributed by atoms with Crippen LogP contribution in [0.25, 0.3) is 0 Å². The molecule has 0 fully saturated rings. The molecule has 1 N–H and O–H groups in total. The monoisotopic (exact) mass is 457 g/mol. The van der Waals surface area contributed by atoms with Crippen LogP contribution in [0.3, 0.4) is 0 Å². The van der Waals surface area contributed by atoms with E-state index in [9.17, 15) is 8.42 Å². The van der Waals surface area contributed by atoms with Crippen LogP contribution in [0.1, 0.15) is 17.0 Å². The molecule has 152 valence electrons. The van der Waals surface area contributed by atoms with Gasteiger partial charge in [-0.05, 0) is 59.7 Å². The van der Waals surface area contributed by atoms with Gasteiger partial charge >= 0.3 is 0 Å². The first-order chi connectivity index (χ1) is 14.4. The number of benzene rings is 3. The van der Waals surface area contributed by atoms with Gasteiger partial charge in [0.2, 0.25) is 10.0 Å². The third-order valence-corrected chi connectivity index (χ3v) is 6.68. The lowest BCUT2D eigenvalue weighted by Crippen LogP contribution is -2.36. The molecular formula is C23H17Cl2NO3S. The number of rotatable bonds is 7. The van der Waals surface area contributed by atoms with Crippen LogP contribution in [0.4, 0.5) is 5.69 Å². The minimum atomic E-state index is -3.68. The van der Waals surface area contributed by atoms with Crippen molar-refractivity contribution in [3.63, 3.8) is 0 Å². The fraction of sp³-hybridized carbons (Fsp3) is 0.130. The van der Waals surface area contributed by atoms with Crippen molar-refractivity contribution in [2.75, 3.05) is 4.72 Å². The highest BCUT2D eigenvalue weighted by Crippen LogP contribution is 2.32. The number of halogens is 2. The van der Waals surface area contributed by atoms with Gasteiger partial charge in [-0.1, -0.05) is 59.3 Å². The standard InChI is InChI=1S/C23H17Cl2NO3S/c24-18-5-1-3-16(13-18)15-29-21-9-7-20(8-10-21)26-30(27,28)23-12-11-22(23)17-4-2-6-19(25)14-17/h1-10,13-14,22-23,26H,15H2. The highest BCUT2D eigenvalue weighted by molar-refractivity contribution is 7.93. The minimum Gasteiger partial charge on any atom is -0.489 e. The number of anilines is 1. The smallest absolute Gasteiger partial charge is 0.248 e. The SMILES string of the molecule is O=S(=O)(Nc1ccc(OCc2cccc(Cl)c2)cc1)C1C#CC1c1cccc(Cl)c1. The number of ether oxygens (including phenoxy) is 1. The average molecular weight is 458 g/mol. The number of nitrogens with one attached hydrogen (secondary N) is 1. The molecule has 0 bridgehead atoms. The van der Waals surface area contributed by atoms with Gasteiger partial charge in [-0.2, -0.15) is 0 Å². The highest BCUT2D eigenvalue weighted by atomic mass is 35.5. The predicted octanol–water partition coefficient (Wildman–Crippen LogP) is 5.48. The molecule has 7 heteroatoms. The molecular weight excluding hydrogens is 441 g/mol. The summed E-state index contributed by atoms with van der Waals surface area (Å²) in [6.07, 6.45) is 0. The van der Waals surface area contributed by atoms with Crippen molar-refractivity contribution >= 4 is 38.9 Å². The van der Waals surface area contributed by atoms with E-state index in [0.717, 1.165) is 11.1 Å². The van der Waals surface area contributed by atoms with Crippen LogP contribution >= 0.6 is 23.2 Å². The maximum Gasteiger partial charge on any atom is 0.248 e. The Balaban J connectivity index is 1.40. The predicted molar refractivity (Wildman–Crippen MR) is 121 cm³/mol. The normalized spacial score (nSPS) is 17.4. The lowest BCUT2D eigenvalue weighted by molar-refractivity contribution is 0.306. The zero-order valence-corrected chi connectivity index (χ0v) is 18.0. The van der Waals surface area contributed by atoms with E-state index in [0.29, 0.717) is 28.1 Å². The molecule has 1 aliphatic carbocycles. The molecule has 4 nitrogen and oxygen atoms in total. The molecule has 0 radical (unpaired) electrons. The van der Waals surface area contributed by atoms with Crippen LogP contribution in [-0.2, 0) is 16.6 Å². The van der Waals surface area contributed by atoms with E-state index < -0.39 is 21.2 Å². The van der Waals surface area contributed by atoms with Crippen molar-refractivity contribution < 1.29 is 13.2 Å². The van der Waals surface area contributed by atoms with Crippen molar-refractivity contribution in [2.45, 2.75) is 17.8 Å². The molecule has 1 aliphatic rings. The Morgan fingerprint density at radius 3 is 2.23 bits per heavy atom. The van der Waals surface area contributed by atoms with Gasteiger partial charge in [-0.3, -0.25) is 4.72 Å². The molecule has 0 spiro atoms. The Hall–Kier alpha value is -2.65. The molecule has 30 heavy (non-hydrogen) atoms. The summed E-state index contributed by atoms with van der Waals surface area (Å²) in [6, 6.07) is 21.3. The molecule has 0 aromatic heterocycles. The second-order valence-electron chi connectivity index (χ2n) is 6.83. The summed E-state index contributed by atoms with van der Waals surface area (Å²) in [5, 5.41) is 0.379. The molecule has 0 saturated carbocycles. The minimum absolute atomic E-state index is 0.366. The number of sulfonamides is 1. The molecule has 2 atom stereocenters. The summed E-state index contributed by atoms with van der Waals surface area (Å²) in [5.41, 5.74) is 2.19. The Morgan fingerprint density at radius 1 is 0.900 bits per heavy atom. The quantitative estimate of drug-likeness (QED) is 0.477. The molecule has 3 aromatic carbocycles. The molecule has 4 rings (SSSR count). The Kier molecular flexibility index (Phi) is 5.92. The average Bonchev–Trinajstić information content (AvgIpc) is 2.66. The number of hydrogen-bond donors (Lipinski definition) is 1. The van der Waals surface area contributed by atoms with Gasteiger partial charge in [0.1, 0.15) is 12.4 Å². The Morgan fingerprint density at radius 2 is 1.60 bits per heavy atom. The van der Waals surface area contributed by atoms with Crippen LogP contribution in [0.15, 0.2) is 72.8 Å². The maximum absolute atomic E-state index is 12.8.